The Kier molecular flexibility index (Phi) is 4.61. The van der Waals surface area contributed by atoms with Gasteiger partial charge in [0.05, 0.1) is 12.2 Å². The maximum atomic E-state index is 10.1. The molecule has 1 aromatic carbocycles. The van der Waals surface area contributed by atoms with Crippen LogP contribution in [0.4, 0.5) is 0 Å². The molecule has 0 aromatic heterocycles. The van der Waals surface area contributed by atoms with Gasteiger partial charge >= 0.3 is 0 Å². The zero-order chi connectivity index (χ0) is 13.0. The molecule has 3 nitrogen and oxygen atoms in total. The lowest BCUT2D eigenvalue weighted by Gasteiger charge is -2.27. The summed E-state index contributed by atoms with van der Waals surface area (Å²) in [4.78, 5) is 0. The summed E-state index contributed by atoms with van der Waals surface area (Å²) in [5, 5.41) is 13.4. The Morgan fingerprint density at radius 2 is 1.94 bits per heavy atom. The fraction of sp³-hybridized carbons (Fsp3) is 0.600. The molecule has 1 saturated carbocycles. The third-order valence-electron chi connectivity index (χ3n) is 3.34. The second kappa shape index (κ2) is 6.21. The molecular weight excluding hydrogens is 226 g/mol. The second-order valence-corrected chi connectivity index (χ2v) is 5.29. The Bertz CT molecular complexity index is 357. The summed E-state index contributed by atoms with van der Waals surface area (Å²) in [7, 11) is 0. The van der Waals surface area contributed by atoms with Crippen LogP contribution in [0.2, 0.25) is 0 Å². The molecule has 0 radical (unpaired) electrons. The van der Waals surface area contributed by atoms with Gasteiger partial charge < -0.3 is 15.2 Å². The number of ether oxygens (including phenoxy) is 1. The summed E-state index contributed by atoms with van der Waals surface area (Å²) in [6.07, 6.45) is 3.55. The largest absolute Gasteiger partial charge is 0.491 e. The summed E-state index contributed by atoms with van der Waals surface area (Å²) in [5.41, 5.74) is 0.943. The molecule has 0 spiro atoms. The fourth-order valence-electron chi connectivity index (χ4n) is 2.05. The van der Waals surface area contributed by atoms with Gasteiger partial charge in [0.25, 0.3) is 0 Å². The lowest BCUT2D eigenvalue weighted by molar-refractivity contribution is 0.161. The van der Waals surface area contributed by atoms with E-state index in [1.54, 1.807) is 0 Å². The molecule has 1 aromatic rings. The summed E-state index contributed by atoms with van der Waals surface area (Å²) < 4.78 is 5.58. The predicted octanol–water partition coefficient (Wildman–Crippen LogP) is 2.65. The van der Waals surface area contributed by atoms with Crippen LogP contribution in [-0.4, -0.2) is 23.8 Å². The van der Waals surface area contributed by atoms with E-state index in [1.807, 2.05) is 38.1 Å². The highest BCUT2D eigenvalue weighted by atomic mass is 16.5. The molecule has 1 atom stereocenters. The monoisotopic (exact) mass is 249 g/mol. The van der Waals surface area contributed by atoms with Crippen molar-refractivity contribution in [2.75, 3.05) is 6.54 Å². The number of rotatable bonds is 6. The Balaban J connectivity index is 1.83. The van der Waals surface area contributed by atoms with Crippen LogP contribution in [0, 0.1) is 0 Å². The SMILES string of the molecule is CC(C)Oc1ccc(C(O)CNC2CCC2)cc1. The normalized spacial score (nSPS) is 17.6. The minimum absolute atomic E-state index is 0.182. The van der Waals surface area contributed by atoms with Crippen molar-refractivity contribution < 1.29 is 9.84 Å². The van der Waals surface area contributed by atoms with Gasteiger partial charge in [-0.2, -0.15) is 0 Å². The van der Waals surface area contributed by atoms with Crippen LogP contribution in [-0.2, 0) is 0 Å². The van der Waals surface area contributed by atoms with Crippen LogP contribution in [0.25, 0.3) is 0 Å². The first kappa shape index (κ1) is 13.4. The van der Waals surface area contributed by atoms with Crippen LogP contribution in [0.15, 0.2) is 24.3 Å². The minimum Gasteiger partial charge on any atom is -0.491 e. The number of hydrogen-bond donors (Lipinski definition) is 2. The standard InChI is InChI=1S/C15H23NO2/c1-11(2)18-14-8-6-12(7-9-14)15(17)10-16-13-4-3-5-13/h6-9,11,13,15-17H,3-5,10H2,1-2H3. The summed E-state index contributed by atoms with van der Waals surface area (Å²) in [6, 6.07) is 8.32. The van der Waals surface area contributed by atoms with Crippen LogP contribution in [0.3, 0.4) is 0 Å². The lowest BCUT2D eigenvalue weighted by Crippen LogP contribution is -2.37. The Labute approximate surface area is 109 Å². The average molecular weight is 249 g/mol. The van der Waals surface area contributed by atoms with Crippen LogP contribution in [0.1, 0.15) is 44.8 Å². The zero-order valence-electron chi connectivity index (χ0n) is 11.2. The van der Waals surface area contributed by atoms with Crippen LogP contribution in [0.5, 0.6) is 5.75 Å². The van der Waals surface area contributed by atoms with Crippen molar-refractivity contribution in [1.82, 2.24) is 5.32 Å². The summed E-state index contributed by atoms with van der Waals surface area (Å²) >= 11 is 0. The van der Waals surface area contributed by atoms with E-state index in [1.165, 1.54) is 19.3 Å². The molecule has 2 N–H and O–H groups in total. The van der Waals surface area contributed by atoms with Crippen molar-refractivity contribution in [2.45, 2.75) is 51.4 Å². The molecule has 0 saturated heterocycles. The highest BCUT2D eigenvalue weighted by Gasteiger charge is 2.18. The maximum absolute atomic E-state index is 10.1. The van der Waals surface area contributed by atoms with E-state index in [4.69, 9.17) is 4.74 Å². The van der Waals surface area contributed by atoms with Crippen molar-refractivity contribution in [3.63, 3.8) is 0 Å². The summed E-state index contributed by atoms with van der Waals surface area (Å²) in [6.45, 7) is 4.64. The molecule has 0 aliphatic heterocycles. The van der Waals surface area contributed by atoms with Gasteiger partial charge in [-0.15, -0.1) is 0 Å². The molecule has 18 heavy (non-hydrogen) atoms. The van der Waals surface area contributed by atoms with E-state index in [0.717, 1.165) is 11.3 Å². The number of hydrogen-bond acceptors (Lipinski definition) is 3. The Hall–Kier alpha value is -1.06. The zero-order valence-corrected chi connectivity index (χ0v) is 11.2. The topological polar surface area (TPSA) is 41.5 Å². The van der Waals surface area contributed by atoms with Crippen molar-refractivity contribution in [3.05, 3.63) is 29.8 Å². The van der Waals surface area contributed by atoms with Crippen molar-refractivity contribution in [3.8, 4) is 5.75 Å². The molecule has 3 heteroatoms. The molecule has 1 unspecified atom stereocenters. The van der Waals surface area contributed by atoms with Gasteiger partial charge in [0.1, 0.15) is 5.75 Å². The van der Waals surface area contributed by atoms with Crippen molar-refractivity contribution in [2.24, 2.45) is 0 Å². The third-order valence-corrected chi connectivity index (χ3v) is 3.34. The van der Waals surface area contributed by atoms with Gasteiger partial charge in [-0.3, -0.25) is 0 Å². The van der Waals surface area contributed by atoms with E-state index < -0.39 is 6.10 Å². The number of nitrogens with one attached hydrogen (secondary N) is 1. The smallest absolute Gasteiger partial charge is 0.119 e. The van der Waals surface area contributed by atoms with Gasteiger partial charge in [-0.1, -0.05) is 18.6 Å². The molecular formula is C15H23NO2. The predicted molar refractivity (Wildman–Crippen MR) is 72.8 cm³/mol. The first-order chi connectivity index (χ1) is 8.65. The van der Waals surface area contributed by atoms with E-state index in [-0.39, 0.29) is 6.10 Å². The second-order valence-electron chi connectivity index (χ2n) is 5.29. The first-order valence-electron chi connectivity index (χ1n) is 6.83. The number of aliphatic hydroxyl groups excluding tert-OH is 1. The van der Waals surface area contributed by atoms with E-state index >= 15 is 0 Å². The molecule has 2 rings (SSSR count). The molecule has 0 heterocycles. The Morgan fingerprint density at radius 1 is 1.28 bits per heavy atom. The average Bonchev–Trinajstić information content (AvgIpc) is 2.27. The molecule has 1 fully saturated rings. The molecule has 0 amide bonds. The van der Waals surface area contributed by atoms with Gasteiger partial charge in [0, 0.05) is 12.6 Å². The quantitative estimate of drug-likeness (QED) is 0.814. The highest BCUT2D eigenvalue weighted by molar-refractivity contribution is 5.28. The van der Waals surface area contributed by atoms with Crippen molar-refractivity contribution >= 4 is 0 Å². The molecule has 1 aliphatic rings. The minimum atomic E-state index is -0.432. The van der Waals surface area contributed by atoms with Crippen LogP contribution >= 0.6 is 0 Å². The molecule has 0 bridgehead atoms. The van der Waals surface area contributed by atoms with Crippen molar-refractivity contribution in [1.29, 1.82) is 0 Å². The summed E-state index contributed by atoms with van der Waals surface area (Å²) in [5.74, 6) is 0.855. The van der Waals surface area contributed by atoms with Gasteiger partial charge in [0.15, 0.2) is 0 Å². The highest BCUT2D eigenvalue weighted by Crippen LogP contribution is 2.21. The van der Waals surface area contributed by atoms with E-state index in [2.05, 4.69) is 5.32 Å². The molecule has 100 valence electrons. The Morgan fingerprint density at radius 3 is 2.44 bits per heavy atom. The lowest BCUT2D eigenvalue weighted by atomic mass is 9.93. The van der Waals surface area contributed by atoms with Gasteiger partial charge in [0.2, 0.25) is 0 Å². The van der Waals surface area contributed by atoms with Crippen LogP contribution < -0.4 is 10.1 Å². The van der Waals surface area contributed by atoms with Gasteiger partial charge in [-0.25, -0.2) is 0 Å². The number of benzene rings is 1. The maximum Gasteiger partial charge on any atom is 0.119 e. The third kappa shape index (κ3) is 3.72. The first-order valence-corrected chi connectivity index (χ1v) is 6.83. The van der Waals surface area contributed by atoms with Gasteiger partial charge in [-0.05, 0) is 44.4 Å². The van der Waals surface area contributed by atoms with E-state index in [0.29, 0.717) is 12.6 Å². The molecule has 1 aliphatic carbocycles. The number of aliphatic hydroxyl groups is 1. The fourth-order valence-corrected chi connectivity index (χ4v) is 2.05. The van der Waals surface area contributed by atoms with E-state index in [9.17, 15) is 5.11 Å².